The summed E-state index contributed by atoms with van der Waals surface area (Å²) in [6.45, 7) is 0.215. The van der Waals surface area contributed by atoms with Gasteiger partial charge in [-0.1, -0.05) is 23.7 Å². The number of carbonyl (C=O) groups excluding carboxylic acids is 2. The van der Waals surface area contributed by atoms with E-state index in [4.69, 9.17) is 26.8 Å². The number of hydrogen-bond acceptors (Lipinski definition) is 4. The van der Waals surface area contributed by atoms with Gasteiger partial charge >= 0.3 is 12.0 Å². The number of primary amides is 1. The fourth-order valence-electron chi connectivity index (χ4n) is 2.07. The highest BCUT2D eigenvalue weighted by molar-refractivity contribution is 9.10. The second-order valence-electron chi connectivity index (χ2n) is 5.14. The van der Waals surface area contributed by atoms with Crippen molar-refractivity contribution >= 4 is 45.6 Å². The van der Waals surface area contributed by atoms with E-state index >= 15 is 0 Å². The number of halogens is 2. The number of esters is 1. The summed E-state index contributed by atoms with van der Waals surface area (Å²) in [5.74, 6) is -0.00629. The quantitative estimate of drug-likeness (QED) is 0.406. The molecule has 0 atom stereocenters. The maximum absolute atomic E-state index is 12.1. The van der Waals surface area contributed by atoms with Crippen molar-refractivity contribution in [1.29, 1.82) is 0 Å². The second-order valence-corrected chi connectivity index (χ2v) is 6.43. The molecule has 0 saturated carbocycles. The van der Waals surface area contributed by atoms with E-state index in [-0.39, 0.29) is 12.3 Å². The van der Waals surface area contributed by atoms with Crippen molar-refractivity contribution < 1.29 is 19.1 Å². The van der Waals surface area contributed by atoms with Crippen LogP contribution < -0.4 is 20.5 Å². The molecule has 26 heavy (non-hydrogen) atoms. The molecular formula is C18H16BrClN2O4. The molecular weight excluding hydrogens is 424 g/mol. The van der Waals surface area contributed by atoms with Gasteiger partial charge in [-0.15, -0.1) is 0 Å². The zero-order valence-corrected chi connectivity index (χ0v) is 16.1. The Kier molecular flexibility index (Phi) is 7.06. The maximum atomic E-state index is 12.1. The monoisotopic (exact) mass is 438 g/mol. The first-order chi connectivity index (χ1) is 12.4. The van der Waals surface area contributed by atoms with Crippen LogP contribution in [0.15, 0.2) is 46.9 Å². The zero-order valence-electron chi connectivity index (χ0n) is 13.8. The number of ether oxygens (including phenoxy) is 2. The fraction of sp³-hybridized carbons (Fsp3) is 0.111. The lowest BCUT2D eigenvalue weighted by molar-refractivity contribution is -0.129. The summed E-state index contributed by atoms with van der Waals surface area (Å²) in [5, 5.41) is 3.05. The first-order valence-corrected chi connectivity index (χ1v) is 8.61. The van der Waals surface area contributed by atoms with Gasteiger partial charge in [0.25, 0.3) is 0 Å². The molecule has 0 saturated heterocycles. The molecule has 0 bridgehead atoms. The number of methoxy groups -OCH3 is 1. The van der Waals surface area contributed by atoms with Gasteiger partial charge in [-0.2, -0.15) is 0 Å². The minimum Gasteiger partial charge on any atom is -0.493 e. The Hall–Kier alpha value is -2.51. The molecule has 2 aromatic rings. The molecule has 2 amide bonds. The topological polar surface area (TPSA) is 90.7 Å². The van der Waals surface area contributed by atoms with E-state index in [1.807, 2.05) is 6.07 Å². The second kappa shape index (κ2) is 9.26. The first-order valence-electron chi connectivity index (χ1n) is 7.44. The molecule has 0 aliphatic carbocycles. The van der Waals surface area contributed by atoms with Crippen molar-refractivity contribution in [3.8, 4) is 11.5 Å². The van der Waals surface area contributed by atoms with Crippen LogP contribution >= 0.6 is 27.5 Å². The van der Waals surface area contributed by atoms with Crippen LogP contribution in [0, 0.1) is 0 Å². The minimum absolute atomic E-state index is 0.215. The van der Waals surface area contributed by atoms with Gasteiger partial charge in [-0.25, -0.2) is 9.59 Å². The number of benzene rings is 2. The van der Waals surface area contributed by atoms with E-state index in [0.717, 1.165) is 11.1 Å². The Morgan fingerprint density at radius 3 is 2.73 bits per heavy atom. The van der Waals surface area contributed by atoms with E-state index in [2.05, 4.69) is 21.2 Å². The van der Waals surface area contributed by atoms with Gasteiger partial charge in [-0.05, 0) is 57.4 Å². The van der Waals surface area contributed by atoms with Gasteiger partial charge in [-0.3, -0.25) is 0 Å². The van der Waals surface area contributed by atoms with Crippen molar-refractivity contribution in [1.82, 2.24) is 5.32 Å². The number of urea groups is 1. The number of amides is 2. The number of nitrogens with one attached hydrogen (secondary N) is 1. The van der Waals surface area contributed by atoms with Crippen molar-refractivity contribution in [2.75, 3.05) is 7.11 Å². The highest BCUT2D eigenvalue weighted by Crippen LogP contribution is 2.36. The highest BCUT2D eigenvalue weighted by atomic mass is 79.9. The fourth-order valence-corrected chi connectivity index (χ4v) is 2.84. The molecule has 3 N–H and O–H groups in total. The molecule has 136 valence electrons. The van der Waals surface area contributed by atoms with E-state index in [1.54, 1.807) is 36.4 Å². The largest absolute Gasteiger partial charge is 0.493 e. The summed E-state index contributed by atoms with van der Waals surface area (Å²) in [6, 6.07) is 9.77. The van der Waals surface area contributed by atoms with Crippen LogP contribution in [0.1, 0.15) is 11.1 Å². The van der Waals surface area contributed by atoms with Gasteiger partial charge in [0.1, 0.15) is 0 Å². The molecule has 0 aliphatic heterocycles. The van der Waals surface area contributed by atoms with Crippen LogP contribution in [0.25, 0.3) is 6.08 Å². The summed E-state index contributed by atoms with van der Waals surface area (Å²) < 4.78 is 11.1. The summed E-state index contributed by atoms with van der Waals surface area (Å²) in [6.07, 6.45) is 2.89. The maximum Gasteiger partial charge on any atom is 0.336 e. The lowest BCUT2D eigenvalue weighted by Gasteiger charge is -2.12. The Morgan fingerprint density at radius 1 is 1.31 bits per heavy atom. The van der Waals surface area contributed by atoms with E-state index in [9.17, 15) is 9.59 Å². The van der Waals surface area contributed by atoms with Crippen molar-refractivity contribution in [2.24, 2.45) is 5.73 Å². The van der Waals surface area contributed by atoms with E-state index in [0.29, 0.717) is 15.2 Å². The highest BCUT2D eigenvalue weighted by Gasteiger charge is 2.14. The predicted octanol–water partition coefficient (Wildman–Crippen LogP) is 3.90. The Morgan fingerprint density at radius 2 is 2.08 bits per heavy atom. The molecule has 0 unspecified atom stereocenters. The third kappa shape index (κ3) is 5.79. The summed E-state index contributed by atoms with van der Waals surface area (Å²) in [5.41, 5.74) is 6.55. The molecule has 0 aliphatic rings. The molecule has 0 heterocycles. The number of carbonyl (C=O) groups is 2. The molecule has 0 radical (unpaired) electrons. The average molecular weight is 440 g/mol. The average Bonchev–Trinajstić information content (AvgIpc) is 2.60. The van der Waals surface area contributed by atoms with Crippen LogP contribution in [-0.2, 0) is 11.3 Å². The lowest BCUT2D eigenvalue weighted by Crippen LogP contribution is -2.28. The Bertz CT molecular complexity index is 855. The summed E-state index contributed by atoms with van der Waals surface area (Å²) in [7, 11) is 1.45. The molecule has 0 aromatic heterocycles. The molecule has 2 rings (SSSR count). The van der Waals surface area contributed by atoms with Crippen molar-refractivity contribution in [2.45, 2.75) is 6.54 Å². The van der Waals surface area contributed by atoms with Gasteiger partial charge in [0.2, 0.25) is 0 Å². The smallest absolute Gasteiger partial charge is 0.336 e. The van der Waals surface area contributed by atoms with Crippen LogP contribution in [0.4, 0.5) is 4.79 Å². The van der Waals surface area contributed by atoms with Gasteiger partial charge in [0, 0.05) is 17.6 Å². The third-order valence-electron chi connectivity index (χ3n) is 3.22. The molecule has 6 nitrogen and oxygen atoms in total. The number of hydrogen-bond donors (Lipinski definition) is 2. The van der Waals surface area contributed by atoms with E-state index < -0.39 is 12.0 Å². The third-order valence-corrected chi connectivity index (χ3v) is 4.04. The van der Waals surface area contributed by atoms with Crippen LogP contribution in [0.3, 0.4) is 0 Å². The van der Waals surface area contributed by atoms with Crippen LogP contribution in [0.2, 0.25) is 5.02 Å². The molecule has 0 spiro atoms. The lowest BCUT2D eigenvalue weighted by atomic mass is 10.2. The molecule has 2 aromatic carbocycles. The molecule has 8 heteroatoms. The number of nitrogens with two attached hydrogens (primary N) is 1. The Labute approximate surface area is 164 Å². The zero-order chi connectivity index (χ0) is 19.1. The van der Waals surface area contributed by atoms with Crippen molar-refractivity contribution in [3.63, 3.8) is 0 Å². The predicted molar refractivity (Wildman–Crippen MR) is 103 cm³/mol. The Balaban J connectivity index is 2.14. The minimum atomic E-state index is -0.637. The van der Waals surface area contributed by atoms with E-state index in [1.165, 1.54) is 13.2 Å². The van der Waals surface area contributed by atoms with Crippen LogP contribution in [-0.4, -0.2) is 19.1 Å². The van der Waals surface area contributed by atoms with Gasteiger partial charge in [0.15, 0.2) is 11.5 Å². The summed E-state index contributed by atoms with van der Waals surface area (Å²) >= 11 is 9.24. The molecule has 0 fully saturated rings. The van der Waals surface area contributed by atoms with Gasteiger partial charge < -0.3 is 20.5 Å². The number of rotatable bonds is 6. The first kappa shape index (κ1) is 19.8. The standard InChI is InChI=1S/C18H16BrClN2O4/c1-25-15-9-12(10-22-18(21)24)8-14(19)17(15)26-16(23)6-5-11-3-2-4-13(20)7-11/h2-9H,10H2,1H3,(H3,21,22,24)/b6-5+. The van der Waals surface area contributed by atoms with Gasteiger partial charge in [0.05, 0.1) is 11.6 Å². The SMILES string of the molecule is COc1cc(CNC(N)=O)cc(Br)c1OC(=O)/C=C/c1cccc(Cl)c1. The normalized spacial score (nSPS) is 10.6. The summed E-state index contributed by atoms with van der Waals surface area (Å²) in [4.78, 5) is 22.9. The van der Waals surface area contributed by atoms with Crippen molar-refractivity contribution in [3.05, 3.63) is 63.1 Å². The van der Waals surface area contributed by atoms with Crippen LogP contribution in [0.5, 0.6) is 11.5 Å².